The summed E-state index contributed by atoms with van der Waals surface area (Å²) < 4.78 is 13.9. The third-order valence-electron chi connectivity index (χ3n) is 12.6. The van der Waals surface area contributed by atoms with Crippen LogP contribution in [0.3, 0.4) is 0 Å². The Hall–Kier alpha value is -8.14. The van der Waals surface area contributed by atoms with E-state index in [0.717, 1.165) is 39.5 Å². The lowest BCUT2D eigenvalue weighted by Gasteiger charge is -2.34. The van der Waals surface area contributed by atoms with Gasteiger partial charge in [-0.3, -0.25) is 0 Å². The molecule has 0 N–H and O–H groups in total. The first-order valence-corrected chi connectivity index (χ1v) is 21.2. The third-order valence-corrected chi connectivity index (χ3v) is 12.6. The maximum Gasteiger partial charge on any atom is 0.178 e. The van der Waals surface area contributed by atoms with Gasteiger partial charge in [0.1, 0.15) is 0 Å². The molecule has 62 heavy (non-hydrogen) atoms. The summed E-state index contributed by atoms with van der Waals surface area (Å²) >= 11 is 0. The van der Waals surface area contributed by atoms with E-state index in [2.05, 4.69) is 235 Å². The van der Waals surface area contributed by atoms with Gasteiger partial charge in [-0.1, -0.05) is 188 Å². The van der Waals surface area contributed by atoms with Crippen molar-refractivity contribution in [1.82, 2.24) is 0 Å². The minimum absolute atomic E-state index is 0.529. The highest BCUT2D eigenvalue weighted by Gasteiger charge is 2.48. The van der Waals surface area contributed by atoms with Gasteiger partial charge in [0, 0.05) is 23.0 Å². The predicted molar refractivity (Wildman–Crippen MR) is 253 cm³/mol. The zero-order valence-corrected chi connectivity index (χ0v) is 33.8. The van der Waals surface area contributed by atoms with E-state index < -0.39 is 5.41 Å². The quantitative estimate of drug-likeness (QED) is 0.160. The van der Waals surface area contributed by atoms with E-state index in [1.54, 1.807) is 0 Å². The second-order valence-electron chi connectivity index (χ2n) is 16.0. The van der Waals surface area contributed by atoms with Gasteiger partial charge in [-0.05, 0) is 103 Å². The highest BCUT2D eigenvalue weighted by Crippen LogP contribution is 2.62. The molecule has 0 saturated heterocycles. The highest BCUT2D eigenvalue weighted by atomic mass is 16.6. The van der Waals surface area contributed by atoms with Gasteiger partial charge in [0.25, 0.3) is 0 Å². The number of anilines is 3. The average molecular weight is 794 g/mol. The number of hydrogen-bond acceptors (Lipinski definition) is 3. The molecule has 0 radical (unpaired) electrons. The van der Waals surface area contributed by atoms with E-state index in [1.807, 2.05) is 6.07 Å². The van der Waals surface area contributed by atoms with Crippen LogP contribution >= 0.6 is 0 Å². The largest absolute Gasteiger partial charge is 0.449 e. The van der Waals surface area contributed by atoms with E-state index in [1.165, 1.54) is 49.7 Å². The average Bonchev–Trinajstić information content (AvgIpc) is 3.66. The molecule has 1 heterocycles. The Morgan fingerprint density at radius 1 is 0.323 bits per heavy atom. The molecule has 10 aromatic carbocycles. The molecule has 0 saturated carbocycles. The van der Waals surface area contributed by atoms with E-state index in [-0.39, 0.29) is 0 Å². The van der Waals surface area contributed by atoms with Crippen LogP contribution in [0.25, 0.3) is 44.2 Å². The second kappa shape index (κ2) is 14.5. The molecule has 10 aromatic rings. The van der Waals surface area contributed by atoms with Crippen LogP contribution in [0.15, 0.2) is 237 Å². The van der Waals surface area contributed by atoms with Crippen LogP contribution < -0.4 is 14.4 Å². The van der Waals surface area contributed by atoms with Gasteiger partial charge in [0.15, 0.2) is 23.0 Å². The van der Waals surface area contributed by atoms with Crippen LogP contribution in [0.2, 0.25) is 0 Å². The summed E-state index contributed by atoms with van der Waals surface area (Å²) in [5.41, 5.74) is 14.3. The van der Waals surface area contributed by atoms with Crippen molar-refractivity contribution >= 4 is 27.8 Å². The summed E-state index contributed by atoms with van der Waals surface area (Å²) in [5.74, 6) is 2.78. The molecule has 2 aliphatic rings. The van der Waals surface area contributed by atoms with E-state index in [9.17, 15) is 0 Å². The first kappa shape index (κ1) is 35.8. The molecule has 0 amide bonds. The predicted octanol–water partition coefficient (Wildman–Crippen LogP) is 15.9. The van der Waals surface area contributed by atoms with Crippen LogP contribution in [-0.2, 0) is 5.41 Å². The lowest BCUT2D eigenvalue weighted by atomic mass is 9.68. The van der Waals surface area contributed by atoms with Crippen molar-refractivity contribution in [3.8, 4) is 56.4 Å². The molecule has 0 atom stereocenters. The Balaban J connectivity index is 0.940. The van der Waals surface area contributed by atoms with Crippen LogP contribution in [0.5, 0.6) is 23.0 Å². The molecule has 12 rings (SSSR count). The Kier molecular flexibility index (Phi) is 8.39. The molecule has 1 aliphatic heterocycles. The van der Waals surface area contributed by atoms with Crippen molar-refractivity contribution in [2.75, 3.05) is 4.90 Å². The van der Waals surface area contributed by atoms with Gasteiger partial charge in [-0.25, -0.2) is 0 Å². The lowest BCUT2D eigenvalue weighted by molar-refractivity contribution is 0.360. The molecule has 0 spiro atoms. The molecule has 0 aromatic heterocycles. The topological polar surface area (TPSA) is 21.7 Å². The number of nitrogens with zero attached hydrogens (tertiary/aromatic N) is 1. The van der Waals surface area contributed by atoms with Gasteiger partial charge in [0.05, 0.1) is 11.1 Å². The fraction of sp³-hybridized carbons (Fsp3) is 0.0169. The monoisotopic (exact) mass is 793 g/mol. The molecular formula is C59H39NO2. The van der Waals surface area contributed by atoms with E-state index in [0.29, 0.717) is 17.2 Å². The molecule has 0 bridgehead atoms. The second-order valence-corrected chi connectivity index (χ2v) is 16.0. The smallest absolute Gasteiger partial charge is 0.178 e. The van der Waals surface area contributed by atoms with Gasteiger partial charge < -0.3 is 14.4 Å². The molecule has 3 nitrogen and oxygen atoms in total. The molecular weight excluding hydrogens is 755 g/mol. The molecule has 3 heteroatoms. The van der Waals surface area contributed by atoms with Gasteiger partial charge in [-0.2, -0.15) is 0 Å². The summed E-state index contributed by atoms with van der Waals surface area (Å²) in [6, 6.07) is 84.3. The Bertz CT molecular complexity index is 3230. The summed E-state index contributed by atoms with van der Waals surface area (Å²) in [6.45, 7) is 0. The fourth-order valence-electron chi connectivity index (χ4n) is 9.74. The Morgan fingerprint density at radius 2 is 0.839 bits per heavy atom. The van der Waals surface area contributed by atoms with Crippen molar-refractivity contribution < 1.29 is 9.47 Å². The molecule has 292 valence electrons. The van der Waals surface area contributed by atoms with Crippen molar-refractivity contribution in [2.24, 2.45) is 0 Å². The first-order chi connectivity index (χ1) is 30.7. The van der Waals surface area contributed by atoms with E-state index >= 15 is 0 Å². The number of rotatable bonds is 7. The van der Waals surface area contributed by atoms with Gasteiger partial charge >= 0.3 is 0 Å². The van der Waals surface area contributed by atoms with Crippen molar-refractivity contribution in [2.45, 2.75) is 5.41 Å². The molecule has 1 aliphatic carbocycles. The zero-order valence-electron chi connectivity index (χ0n) is 33.8. The summed E-state index contributed by atoms with van der Waals surface area (Å²) in [5, 5.41) is 2.37. The Morgan fingerprint density at radius 3 is 1.53 bits per heavy atom. The van der Waals surface area contributed by atoms with Gasteiger partial charge in [0.2, 0.25) is 0 Å². The minimum Gasteiger partial charge on any atom is -0.449 e. The van der Waals surface area contributed by atoms with E-state index in [4.69, 9.17) is 9.47 Å². The number of benzene rings is 10. The van der Waals surface area contributed by atoms with Crippen LogP contribution in [0.1, 0.15) is 22.3 Å². The maximum atomic E-state index is 7.00. The van der Waals surface area contributed by atoms with Crippen molar-refractivity contribution in [3.63, 3.8) is 0 Å². The van der Waals surface area contributed by atoms with Crippen LogP contribution in [0, 0.1) is 0 Å². The normalized spacial score (nSPS) is 12.9. The molecule has 0 unspecified atom stereocenters. The zero-order chi connectivity index (χ0) is 41.0. The number of ether oxygens (including phenoxy) is 2. The van der Waals surface area contributed by atoms with Crippen LogP contribution in [0.4, 0.5) is 17.1 Å². The first-order valence-electron chi connectivity index (χ1n) is 21.2. The Labute approximate surface area is 361 Å². The lowest BCUT2D eigenvalue weighted by Crippen LogP contribution is -2.28. The number of hydrogen-bond donors (Lipinski definition) is 0. The minimum atomic E-state index is -0.529. The van der Waals surface area contributed by atoms with Crippen LogP contribution in [-0.4, -0.2) is 0 Å². The van der Waals surface area contributed by atoms with Gasteiger partial charge in [-0.15, -0.1) is 0 Å². The third kappa shape index (κ3) is 5.74. The summed E-state index contributed by atoms with van der Waals surface area (Å²) in [4.78, 5) is 2.29. The highest BCUT2D eigenvalue weighted by molar-refractivity contribution is 5.93. The summed E-state index contributed by atoms with van der Waals surface area (Å²) in [7, 11) is 0. The number of fused-ring (bicyclic) bond motifs is 7. The van der Waals surface area contributed by atoms with Crippen molar-refractivity contribution in [3.05, 3.63) is 259 Å². The fourth-order valence-corrected chi connectivity index (χ4v) is 9.74. The maximum absolute atomic E-state index is 7.00. The molecule has 0 fully saturated rings. The van der Waals surface area contributed by atoms with Crippen molar-refractivity contribution in [1.29, 1.82) is 0 Å². The standard InChI is InChI=1S/C59H39NO2/c1-4-14-40(15-5-1)42-24-26-43(27-25-42)44-28-31-48(32-29-44)60(49-33-30-41-16-10-11-17-45(41)38-49)50-34-36-54-56(39-50)61-55-37-35-53-57(58(55)62-54)51-22-12-13-23-52(51)59(53,46-18-6-2-7-19-46)47-20-8-3-9-21-47/h1-39H. The summed E-state index contributed by atoms with van der Waals surface area (Å²) in [6.07, 6.45) is 0. The SMILES string of the molecule is c1ccc(-c2ccc(-c3ccc(N(c4ccc5c(c4)Oc4ccc6c(c4O5)-c4ccccc4C6(c4ccccc4)c4ccccc4)c4ccc5ccccc5c4)cc3)cc2)cc1.